The fourth-order valence-corrected chi connectivity index (χ4v) is 2.67. The highest BCUT2D eigenvalue weighted by molar-refractivity contribution is 9.10. The lowest BCUT2D eigenvalue weighted by atomic mass is 10.2. The number of nitrogens with zero attached hydrogens (tertiary/aromatic N) is 1. The van der Waals surface area contributed by atoms with Crippen molar-refractivity contribution in [3.8, 4) is 0 Å². The SMILES string of the molecule is COC(=O)Cc1csc(NCc2cccc(Br)c2)n1. The van der Waals surface area contributed by atoms with Gasteiger partial charge in [0.25, 0.3) is 0 Å². The average molecular weight is 341 g/mol. The zero-order chi connectivity index (χ0) is 13.7. The van der Waals surface area contributed by atoms with Gasteiger partial charge in [-0.1, -0.05) is 28.1 Å². The highest BCUT2D eigenvalue weighted by Crippen LogP contribution is 2.18. The van der Waals surface area contributed by atoms with Gasteiger partial charge in [-0.05, 0) is 17.7 Å². The summed E-state index contributed by atoms with van der Waals surface area (Å²) in [5, 5.41) is 5.90. The maximum atomic E-state index is 11.1. The number of halogens is 1. The minimum Gasteiger partial charge on any atom is -0.469 e. The van der Waals surface area contributed by atoms with Crippen molar-refractivity contribution in [2.45, 2.75) is 13.0 Å². The summed E-state index contributed by atoms with van der Waals surface area (Å²) in [5.41, 5.74) is 1.90. The Bertz CT molecular complexity index is 571. The first kappa shape index (κ1) is 14.0. The molecule has 19 heavy (non-hydrogen) atoms. The van der Waals surface area contributed by atoms with Gasteiger partial charge in [0.15, 0.2) is 5.13 Å². The Morgan fingerprint density at radius 2 is 2.37 bits per heavy atom. The van der Waals surface area contributed by atoms with Gasteiger partial charge in [0.05, 0.1) is 19.2 Å². The van der Waals surface area contributed by atoms with Gasteiger partial charge in [0, 0.05) is 16.4 Å². The molecule has 6 heteroatoms. The first-order valence-corrected chi connectivity index (χ1v) is 7.34. The predicted molar refractivity (Wildman–Crippen MR) is 79.3 cm³/mol. The summed E-state index contributed by atoms with van der Waals surface area (Å²) in [6, 6.07) is 8.07. The first-order valence-electron chi connectivity index (χ1n) is 5.67. The molecule has 0 saturated heterocycles. The summed E-state index contributed by atoms with van der Waals surface area (Å²) < 4.78 is 5.66. The molecule has 4 nitrogen and oxygen atoms in total. The zero-order valence-corrected chi connectivity index (χ0v) is 12.8. The van der Waals surface area contributed by atoms with E-state index in [2.05, 4.69) is 37.0 Å². The second-order valence-electron chi connectivity index (χ2n) is 3.88. The van der Waals surface area contributed by atoms with Gasteiger partial charge in [-0.25, -0.2) is 4.98 Å². The van der Waals surface area contributed by atoms with E-state index in [0.29, 0.717) is 6.54 Å². The quantitative estimate of drug-likeness (QED) is 0.849. The fraction of sp³-hybridized carbons (Fsp3) is 0.231. The van der Waals surface area contributed by atoms with Crippen molar-refractivity contribution in [1.29, 1.82) is 0 Å². The van der Waals surface area contributed by atoms with Crippen molar-refractivity contribution in [2.75, 3.05) is 12.4 Å². The summed E-state index contributed by atoms with van der Waals surface area (Å²) in [5.74, 6) is -0.274. The molecular formula is C13H13BrN2O2S. The van der Waals surface area contributed by atoms with Gasteiger partial charge >= 0.3 is 5.97 Å². The summed E-state index contributed by atoms with van der Waals surface area (Å²) >= 11 is 4.92. The molecule has 0 amide bonds. The van der Waals surface area contributed by atoms with Crippen LogP contribution in [0.2, 0.25) is 0 Å². The zero-order valence-electron chi connectivity index (χ0n) is 10.4. The molecule has 0 saturated carbocycles. The second kappa shape index (κ2) is 6.68. The molecule has 0 aliphatic rings. The van der Waals surface area contributed by atoms with E-state index in [1.54, 1.807) is 0 Å². The van der Waals surface area contributed by atoms with Crippen molar-refractivity contribution >= 4 is 38.4 Å². The predicted octanol–water partition coefficient (Wildman–Crippen LogP) is 3.23. The molecule has 1 aromatic heterocycles. The van der Waals surface area contributed by atoms with Gasteiger partial charge in [-0.2, -0.15) is 0 Å². The molecule has 0 unspecified atom stereocenters. The largest absolute Gasteiger partial charge is 0.469 e. The fourth-order valence-electron chi connectivity index (χ4n) is 1.51. The first-order chi connectivity index (χ1) is 9.17. The number of benzene rings is 1. The van der Waals surface area contributed by atoms with Crippen LogP contribution in [0, 0.1) is 0 Å². The maximum Gasteiger partial charge on any atom is 0.311 e. The van der Waals surface area contributed by atoms with Crippen molar-refractivity contribution in [2.24, 2.45) is 0 Å². The lowest BCUT2D eigenvalue weighted by Crippen LogP contribution is -2.05. The van der Waals surface area contributed by atoms with E-state index < -0.39 is 0 Å². The number of carbonyl (C=O) groups is 1. The Hall–Kier alpha value is -1.40. The Morgan fingerprint density at radius 1 is 1.53 bits per heavy atom. The molecule has 2 aromatic rings. The standard InChI is InChI=1S/C13H13BrN2O2S/c1-18-12(17)6-11-8-19-13(16-11)15-7-9-3-2-4-10(14)5-9/h2-5,8H,6-7H2,1H3,(H,15,16). The Morgan fingerprint density at radius 3 is 3.11 bits per heavy atom. The number of nitrogens with one attached hydrogen (secondary N) is 1. The summed E-state index contributed by atoms with van der Waals surface area (Å²) in [6.07, 6.45) is 0.214. The molecule has 0 radical (unpaired) electrons. The number of carbonyl (C=O) groups excluding carboxylic acids is 1. The Kier molecular flexibility index (Phi) is 4.93. The van der Waals surface area contributed by atoms with Crippen LogP contribution in [0.1, 0.15) is 11.3 Å². The van der Waals surface area contributed by atoms with E-state index in [9.17, 15) is 4.79 Å². The van der Waals surface area contributed by atoms with Gasteiger partial charge in [0.1, 0.15) is 0 Å². The van der Waals surface area contributed by atoms with Gasteiger partial charge in [-0.15, -0.1) is 11.3 Å². The molecule has 0 spiro atoms. The van der Waals surface area contributed by atoms with E-state index in [4.69, 9.17) is 0 Å². The third kappa shape index (κ3) is 4.33. The number of thiazole rings is 1. The van der Waals surface area contributed by atoms with Gasteiger partial charge in [-0.3, -0.25) is 4.79 Å². The second-order valence-corrected chi connectivity index (χ2v) is 5.65. The lowest BCUT2D eigenvalue weighted by molar-refractivity contribution is -0.139. The van der Waals surface area contributed by atoms with Crippen LogP contribution in [0.25, 0.3) is 0 Å². The summed E-state index contributed by atoms with van der Waals surface area (Å²) in [4.78, 5) is 15.5. The lowest BCUT2D eigenvalue weighted by Gasteiger charge is -2.03. The average Bonchev–Trinajstić information content (AvgIpc) is 2.84. The number of esters is 1. The number of rotatable bonds is 5. The summed E-state index contributed by atoms with van der Waals surface area (Å²) in [6.45, 7) is 0.699. The van der Waals surface area contributed by atoms with Crippen LogP contribution in [-0.2, 0) is 22.5 Å². The van der Waals surface area contributed by atoms with Gasteiger partial charge < -0.3 is 10.1 Å². The van der Waals surface area contributed by atoms with E-state index in [0.717, 1.165) is 15.3 Å². The van der Waals surface area contributed by atoms with E-state index >= 15 is 0 Å². The molecule has 0 aliphatic heterocycles. The minimum atomic E-state index is -0.274. The van der Waals surface area contributed by atoms with Crippen LogP contribution in [0.5, 0.6) is 0 Å². The van der Waals surface area contributed by atoms with Crippen LogP contribution in [0.15, 0.2) is 34.1 Å². The normalized spacial score (nSPS) is 10.2. The minimum absolute atomic E-state index is 0.214. The molecule has 100 valence electrons. The molecular weight excluding hydrogens is 328 g/mol. The number of anilines is 1. The summed E-state index contributed by atoms with van der Waals surface area (Å²) in [7, 11) is 1.38. The van der Waals surface area contributed by atoms with E-state index in [1.807, 2.05) is 23.6 Å². The number of methoxy groups -OCH3 is 1. The number of hydrogen-bond donors (Lipinski definition) is 1. The van der Waals surface area contributed by atoms with Crippen LogP contribution in [0.3, 0.4) is 0 Å². The van der Waals surface area contributed by atoms with Crippen molar-refractivity contribution in [1.82, 2.24) is 4.98 Å². The molecule has 0 bridgehead atoms. The molecule has 0 fully saturated rings. The monoisotopic (exact) mass is 340 g/mol. The highest BCUT2D eigenvalue weighted by Gasteiger charge is 2.07. The van der Waals surface area contributed by atoms with E-state index in [-0.39, 0.29) is 12.4 Å². The third-order valence-corrected chi connectivity index (χ3v) is 3.78. The number of aromatic nitrogens is 1. The molecule has 1 heterocycles. The van der Waals surface area contributed by atoms with Crippen molar-refractivity contribution in [3.63, 3.8) is 0 Å². The van der Waals surface area contributed by atoms with E-state index in [1.165, 1.54) is 24.0 Å². The van der Waals surface area contributed by atoms with Crippen molar-refractivity contribution in [3.05, 3.63) is 45.4 Å². The molecule has 0 aliphatic carbocycles. The van der Waals surface area contributed by atoms with Crippen LogP contribution < -0.4 is 5.32 Å². The third-order valence-electron chi connectivity index (χ3n) is 2.44. The molecule has 0 atom stereocenters. The maximum absolute atomic E-state index is 11.1. The Labute approximate surface area is 124 Å². The van der Waals surface area contributed by atoms with Crippen LogP contribution >= 0.6 is 27.3 Å². The van der Waals surface area contributed by atoms with Gasteiger partial charge in [0.2, 0.25) is 0 Å². The molecule has 2 rings (SSSR count). The smallest absolute Gasteiger partial charge is 0.311 e. The number of ether oxygens (including phenoxy) is 1. The number of hydrogen-bond acceptors (Lipinski definition) is 5. The highest BCUT2D eigenvalue weighted by atomic mass is 79.9. The molecule has 1 N–H and O–H groups in total. The van der Waals surface area contributed by atoms with Crippen LogP contribution in [-0.4, -0.2) is 18.1 Å². The van der Waals surface area contributed by atoms with Crippen molar-refractivity contribution < 1.29 is 9.53 Å². The topological polar surface area (TPSA) is 51.2 Å². The molecule has 1 aromatic carbocycles. The Balaban J connectivity index is 1.91. The van der Waals surface area contributed by atoms with Crippen LogP contribution in [0.4, 0.5) is 5.13 Å².